The predicted molar refractivity (Wildman–Crippen MR) is 132 cm³/mol. The first-order chi connectivity index (χ1) is 17.1. The number of hydrogen-bond acceptors (Lipinski definition) is 5. The van der Waals surface area contributed by atoms with E-state index >= 15 is 0 Å². The number of piperazine rings is 1. The Kier molecular flexibility index (Phi) is 6.63. The SMILES string of the molecule is O=C(CN1CCN(c2nnc(Cc3ccccc3)c3ccccc23)CC1)Nc1c(F)cccc1F. The van der Waals surface area contributed by atoms with Gasteiger partial charge in [-0.3, -0.25) is 9.69 Å². The average Bonchev–Trinajstić information content (AvgIpc) is 2.88. The van der Waals surface area contributed by atoms with Gasteiger partial charge in [0, 0.05) is 43.4 Å². The summed E-state index contributed by atoms with van der Waals surface area (Å²) >= 11 is 0. The summed E-state index contributed by atoms with van der Waals surface area (Å²) in [4.78, 5) is 16.5. The molecule has 6 nitrogen and oxygen atoms in total. The number of aromatic nitrogens is 2. The zero-order valence-electron chi connectivity index (χ0n) is 19.1. The molecule has 3 aromatic carbocycles. The van der Waals surface area contributed by atoms with E-state index < -0.39 is 23.2 Å². The molecule has 5 rings (SSSR count). The first-order valence-electron chi connectivity index (χ1n) is 11.6. The molecule has 0 radical (unpaired) electrons. The predicted octanol–water partition coefficient (Wildman–Crippen LogP) is 4.26. The van der Waals surface area contributed by atoms with Crippen molar-refractivity contribution in [2.45, 2.75) is 6.42 Å². The van der Waals surface area contributed by atoms with Crippen LogP contribution in [-0.2, 0) is 11.2 Å². The lowest BCUT2D eigenvalue weighted by Gasteiger charge is -2.35. The second-order valence-electron chi connectivity index (χ2n) is 8.59. The Labute approximate surface area is 202 Å². The molecule has 35 heavy (non-hydrogen) atoms. The van der Waals surface area contributed by atoms with Crippen molar-refractivity contribution in [1.29, 1.82) is 0 Å². The molecule has 1 aliphatic heterocycles. The van der Waals surface area contributed by atoms with E-state index in [1.54, 1.807) is 0 Å². The van der Waals surface area contributed by atoms with Gasteiger partial charge in [0.2, 0.25) is 5.91 Å². The molecular formula is C27H25F2N5O. The molecule has 1 amide bonds. The Morgan fingerprint density at radius 1 is 0.800 bits per heavy atom. The lowest BCUT2D eigenvalue weighted by atomic mass is 10.0. The zero-order chi connectivity index (χ0) is 24.2. The number of anilines is 2. The van der Waals surface area contributed by atoms with Gasteiger partial charge in [-0.2, -0.15) is 5.10 Å². The van der Waals surface area contributed by atoms with Gasteiger partial charge in [-0.1, -0.05) is 60.7 Å². The highest BCUT2D eigenvalue weighted by atomic mass is 19.1. The third-order valence-electron chi connectivity index (χ3n) is 6.22. The maximum Gasteiger partial charge on any atom is 0.238 e. The number of fused-ring (bicyclic) bond motifs is 1. The summed E-state index contributed by atoms with van der Waals surface area (Å²) in [6.07, 6.45) is 0.708. The van der Waals surface area contributed by atoms with Crippen LogP contribution in [-0.4, -0.2) is 53.7 Å². The quantitative estimate of drug-likeness (QED) is 0.454. The minimum atomic E-state index is -0.788. The summed E-state index contributed by atoms with van der Waals surface area (Å²) in [6, 6.07) is 21.9. The van der Waals surface area contributed by atoms with Crippen molar-refractivity contribution in [2.24, 2.45) is 0 Å². The number of amides is 1. The summed E-state index contributed by atoms with van der Waals surface area (Å²) in [5.74, 6) is -1.19. The fourth-order valence-electron chi connectivity index (χ4n) is 4.42. The van der Waals surface area contributed by atoms with Crippen LogP contribution in [0.15, 0.2) is 72.8 Å². The van der Waals surface area contributed by atoms with Crippen molar-refractivity contribution >= 4 is 28.2 Å². The third kappa shape index (κ3) is 5.12. The topological polar surface area (TPSA) is 61.4 Å². The van der Waals surface area contributed by atoms with E-state index in [4.69, 9.17) is 0 Å². The van der Waals surface area contributed by atoms with Crippen LogP contribution in [0.5, 0.6) is 0 Å². The third-order valence-corrected chi connectivity index (χ3v) is 6.22. The molecule has 1 aromatic heterocycles. The lowest BCUT2D eigenvalue weighted by molar-refractivity contribution is -0.117. The molecule has 4 aromatic rings. The summed E-state index contributed by atoms with van der Waals surface area (Å²) < 4.78 is 27.6. The Morgan fingerprint density at radius 3 is 2.17 bits per heavy atom. The van der Waals surface area contributed by atoms with Crippen molar-refractivity contribution in [3.8, 4) is 0 Å². The number of rotatable bonds is 6. The van der Waals surface area contributed by atoms with Crippen LogP contribution < -0.4 is 10.2 Å². The van der Waals surface area contributed by atoms with Gasteiger partial charge in [0.25, 0.3) is 0 Å². The highest BCUT2D eigenvalue weighted by Crippen LogP contribution is 2.28. The molecule has 0 unspecified atom stereocenters. The number of carbonyl (C=O) groups excluding carboxylic acids is 1. The molecule has 2 heterocycles. The highest BCUT2D eigenvalue weighted by molar-refractivity contribution is 5.94. The Hall–Kier alpha value is -3.91. The molecule has 1 saturated heterocycles. The molecule has 178 valence electrons. The molecule has 1 fully saturated rings. The Bertz CT molecular complexity index is 1320. The van der Waals surface area contributed by atoms with Gasteiger partial charge in [-0.05, 0) is 17.7 Å². The van der Waals surface area contributed by atoms with Gasteiger partial charge in [-0.15, -0.1) is 5.10 Å². The maximum atomic E-state index is 13.8. The molecular weight excluding hydrogens is 448 g/mol. The number of nitrogens with one attached hydrogen (secondary N) is 1. The Balaban J connectivity index is 1.25. The first-order valence-corrected chi connectivity index (χ1v) is 11.6. The first kappa shape index (κ1) is 22.9. The number of halogens is 2. The second-order valence-corrected chi connectivity index (χ2v) is 8.59. The Morgan fingerprint density at radius 2 is 1.46 bits per heavy atom. The van der Waals surface area contributed by atoms with E-state index in [9.17, 15) is 13.6 Å². The fraction of sp³-hybridized carbons (Fsp3) is 0.222. The van der Waals surface area contributed by atoms with E-state index in [0.717, 1.165) is 34.4 Å². The molecule has 0 saturated carbocycles. The van der Waals surface area contributed by atoms with Crippen LogP contribution in [0.2, 0.25) is 0 Å². The van der Waals surface area contributed by atoms with Crippen molar-refractivity contribution < 1.29 is 13.6 Å². The molecule has 1 N–H and O–H groups in total. The van der Waals surface area contributed by atoms with Crippen LogP contribution in [0.1, 0.15) is 11.3 Å². The molecule has 0 atom stereocenters. The van der Waals surface area contributed by atoms with Crippen molar-refractivity contribution in [3.63, 3.8) is 0 Å². The van der Waals surface area contributed by atoms with Gasteiger partial charge >= 0.3 is 0 Å². The average molecular weight is 474 g/mol. The number of para-hydroxylation sites is 1. The maximum absolute atomic E-state index is 13.8. The van der Waals surface area contributed by atoms with Crippen molar-refractivity contribution in [3.05, 3.63) is 95.7 Å². The number of nitrogens with zero attached hydrogens (tertiary/aromatic N) is 4. The van der Waals surface area contributed by atoms with E-state index in [1.807, 2.05) is 35.2 Å². The minimum absolute atomic E-state index is 0.0596. The molecule has 1 aliphatic rings. The molecule has 0 aliphatic carbocycles. The monoisotopic (exact) mass is 473 g/mol. The smallest absolute Gasteiger partial charge is 0.238 e. The minimum Gasteiger partial charge on any atom is -0.352 e. The second kappa shape index (κ2) is 10.1. The van der Waals surface area contributed by atoms with Crippen LogP contribution in [0.3, 0.4) is 0 Å². The molecule has 8 heteroatoms. The van der Waals surface area contributed by atoms with Gasteiger partial charge < -0.3 is 10.2 Å². The van der Waals surface area contributed by atoms with Gasteiger partial charge in [-0.25, -0.2) is 8.78 Å². The highest BCUT2D eigenvalue weighted by Gasteiger charge is 2.23. The molecule has 0 spiro atoms. The van der Waals surface area contributed by atoms with Crippen molar-refractivity contribution in [2.75, 3.05) is 42.9 Å². The number of hydrogen-bond donors (Lipinski definition) is 1. The number of carbonyl (C=O) groups is 1. The van der Waals surface area contributed by atoms with Crippen LogP contribution in [0, 0.1) is 11.6 Å². The van der Waals surface area contributed by atoms with E-state index in [2.05, 4.69) is 44.7 Å². The van der Waals surface area contributed by atoms with Crippen LogP contribution in [0.4, 0.5) is 20.3 Å². The fourth-order valence-corrected chi connectivity index (χ4v) is 4.42. The van der Waals surface area contributed by atoms with E-state index in [-0.39, 0.29) is 6.54 Å². The summed E-state index contributed by atoms with van der Waals surface area (Å²) in [5.41, 5.74) is 1.71. The van der Waals surface area contributed by atoms with Gasteiger partial charge in [0.05, 0.1) is 12.2 Å². The normalized spacial score (nSPS) is 14.3. The largest absolute Gasteiger partial charge is 0.352 e. The zero-order valence-corrected chi connectivity index (χ0v) is 19.1. The standard InChI is InChI=1S/C27H25F2N5O/c28-22-11-6-12-23(29)26(22)30-25(35)18-33-13-15-34(16-14-33)27-21-10-5-4-9-20(21)24(31-32-27)17-19-7-2-1-3-8-19/h1-12H,13-18H2,(H,30,35). The lowest BCUT2D eigenvalue weighted by Crippen LogP contribution is -2.49. The summed E-state index contributed by atoms with van der Waals surface area (Å²) in [7, 11) is 0. The van der Waals surface area contributed by atoms with Crippen LogP contribution in [0.25, 0.3) is 10.8 Å². The number of benzene rings is 3. The van der Waals surface area contributed by atoms with Gasteiger partial charge in [0.1, 0.15) is 17.3 Å². The summed E-state index contributed by atoms with van der Waals surface area (Å²) in [5, 5.41) is 13.6. The van der Waals surface area contributed by atoms with E-state index in [0.29, 0.717) is 32.6 Å². The molecule has 0 bridgehead atoms. The van der Waals surface area contributed by atoms with Gasteiger partial charge in [0.15, 0.2) is 5.82 Å². The van der Waals surface area contributed by atoms with E-state index in [1.165, 1.54) is 11.6 Å². The van der Waals surface area contributed by atoms with Crippen LogP contribution >= 0.6 is 0 Å². The van der Waals surface area contributed by atoms with Crippen molar-refractivity contribution in [1.82, 2.24) is 15.1 Å². The summed E-state index contributed by atoms with van der Waals surface area (Å²) in [6.45, 7) is 2.63.